The number of halogens is 1. The summed E-state index contributed by atoms with van der Waals surface area (Å²) in [5.41, 5.74) is -0.0114. The molecule has 0 spiro atoms. The molecule has 0 aliphatic heterocycles. The highest BCUT2D eigenvalue weighted by atomic mass is 32.1. The molecular weight excluding hydrogens is 355 g/mol. The highest BCUT2D eigenvalue weighted by Crippen LogP contribution is 2.21. The van der Waals surface area contributed by atoms with E-state index in [0.29, 0.717) is 11.4 Å². The van der Waals surface area contributed by atoms with Crippen molar-refractivity contribution in [2.45, 2.75) is 6.54 Å². The molecule has 3 aromatic heterocycles. The van der Waals surface area contributed by atoms with Crippen LogP contribution >= 0.6 is 11.3 Å². The van der Waals surface area contributed by atoms with Gasteiger partial charge in [0, 0.05) is 13.2 Å². The molecule has 8 heteroatoms. The lowest BCUT2D eigenvalue weighted by molar-refractivity contribution is 0.623. The number of thiophene rings is 1. The van der Waals surface area contributed by atoms with Gasteiger partial charge in [-0.2, -0.15) is 0 Å². The molecule has 0 radical (unpaired) electrons. The zero-order chi connectivity index (χ0) is 18.3. The summed E-state index contributed by atoms with van der Waals surface area (Å²) in [6, 6.07) is 9.43. The first-order valence-electron chi connectivity index (χ1n) is 7.79. The van der Waals surface area contributed by atoms with Gasteiger partial charge in [0.2, 0.25) is 0 Å². The van der Waals surface area contributed by atoms with Crippen molar-refractivity contribution in [1.82, 2.24) is 19.1 Å². The molecule has 4 aromatic rings. The van der Waals surface area contributed by atoms with Gasteiger partial charge in [-0.1, -0.05) is 18.2 Å². The molecule has 0 unspecified atom stereocenters. The van der Waals surface area contributed by atoms with E-state index >= 15 is 0 Å². The minimum atomic E-state index is -0.484. The van der Waals surface area contributed by atoms with Gasteiger partial charge in [0.05, 0.1) is 11.4 Å². The second-order valence-corrected chi connectivity index (χ2v) is 6.72. The maximum atomic E-state index is 13.1. The summed E-state index contributed by atoms with van der Waals surface area (Å²) in [6.45, 7) is 0.0500. The lowest BCUT2D eigenvalue weighted by Gasteiger charge is -2.10. The van der Waals surface area contributed by atoms with Crippen molar-refractivity contribution < 1.29 is 4.39 Å². The molecule has 0 fully saturated rings. The Hall–Kier alpha value is -3.13. The van der Waals surface area contributed by atoms with Crippen LogP contribution in [-0.2, 0) is 13.6 Å². The fourth-order valence-electron chi connectivity index (χ4n) is 2.72. The van der Waals surface area contributed by atoms with E-state index in [9.17, 15) is 14.0 Å². The van der Waals surface area contributed by atoms with Crippen LogP contribution in [0.1, 0.15) is 5.56 Å². The fraction of sp³-hybridized carbons (Fsp3) is 0.111. The molecule has 4 rings (SSSR count). The standard InChI is InChI=1S/C18H13FN4O2S/c1-22-16-13(9-20-15(21-16)14-3-2-8-26-14)17(24)23(18(22)25)10-11-4-6-12(19)7-5-11/h2-9H,10H2,1H3. The van der Waals surface area contributed by atoms with Gasteiger partial charge in [-0.25, -0.2) is 19.2 Å². The molecular formula is C18H13FN4O2S. The number of benzene rings is 1. The third-order valence-corrected chi connectivity index (χ3v) is 4.94. The van der Waals surface area contributed by atoms with Crippen molar-refractivity contribution in [3.8, 4) is 10.7 Å². The van der Waals surface area contributed by atoms with Crippen LogP contribution in [0.25, 0.3) is 21.7 Å². The summed E-state index contributed by atoms with van der Waals surface area (Å²) >= 11 is 1.48. The first-order chi connectivity index (χ1) is 12.5. The number of hydrogen-bond donors (Lipinski definition) is 0. The summed E-state index contributed by atoms with van der Waals surface area (Å²) in [5.74, 6) is 0.0974. The molecule has 0 saturated heterocycles. The van der Waals surface area contributed by atoms with Crippen LogP contribution in [0.3, 0.4) is 0 Å². The monoisotopic (exact) mass is 368 g/mol. The number of fused-ring (bicyclic) bond motifs is 1. The van der Waals surface area contributed by atoms with Crippen LogP contribution in [0, 0.1) is 5.82 Å². The van der Waals surface area contributed by atoms with Gasteiger partial charge in [0.1, 0.15) is 11.2 Å². The Morgan fingerprint density at radius 1 is 1.15 bits per heavy atom. The molecule has 0 amide bonds. The van der Waals surface area contributed by atoms with E-state index in [1.807, 2.05) is 17.5 Å². The van der Waals surface area contributed by atoms with Crippen molar-refractivity contribution in [2.24, 2.45) is 7.05 Å². The summed E-state index contributed by atoms with van der Waals surface area (Å²) in [7, 11) is 1.57. The summed E-state index contributed by atoms with van der Waals surface area (Å²) in [6.07, 6.45) is 1.44. The van der Waals surface area contributed by atoms with Gasteiger partial charge in [0.25, 0.3) is 5.56 Å². The first kappa shape index (κ1) is 16.3. The number of nitrogens with zero attached hydrogens (tertiary/aromatic N) is 4. The van der Waals surface area contributed by atoms with Gasteiger partial charge in [0.15, 0.2) is 11.5 Å². The molecule has 0 bridgehead atoms. The minimum absolute atomic E-state index is 0.0500. The average Bonchev–Trinajstić information content (AvgIpc) is 3.19. The molecule has 0 aliphatic carbocycles. The van der Waals surface area contributed by atoms with Gasteiger partial charge < -0.3 is 0 Å². The lowest BCUT2D eigenvalue weighted by Crippen LogP contribution is -2.39. The SMILES string of the molecule is Cn1c(=O)n(Cc2ccc(F)cc2)c(=O)c2cnc(-c3cccs3)nc21. The zero-order valence-corrected chi connectivity index (χ0v) is 14.5. The Balaban J connectivity index is 1.88. The number of aromatic nitrogens is 4. The number of hydrogen-bond acceptors (Lipinski definition) is 5. The molecule has 0 aliphatic rings. The Bertz CT molecular complexity index is 1210. The van der Waals surface area contributed by atoms with Gasteiger partial charge in [-0.05, 0) is 29.1 Å². The molecule has 0 saturated carbocycles. The molecule has 3 heterocycles. The van der Waals surface area contributed by atoms with E-state index in [2.05, 4.69) is 9.97 Å². The highest BCUT2D eigenvalue weighted by Gasteiger charge is 2.14. The van der Waals surface area contributed by atoms with Crippen LogP contribution in [0.2, 0.25) is 0 Å². The van der Waals surface area contributed by atoms with E-state index in [1.54, 1.807) is 19.2 Å². The third kappa shape index (κ3) is 2.74. The predicted octanol–water partition coefficient (Wildman–Crippen LogP) is 2.41. The Morgan fingerprint density at radius 3 is 2.62 bits per heavy atom. The molecule has 0 N–H and O–H groups in total. The van der Waals surface area contributed by atoms with E-state index in [0.717, 1.165) is 9.44 Å². The summed E-state index contributed by atoms with van der Waals surface area (Å²) < 4.78 is 15.5. The Labute approximate surface area is 150 Å². The van der Waals surface area contributed by atoms with Crippen LogP contribution in [0.4, 0.5) is 4.39 Å². The predicted molar refractivity (Wildman–Crippen MR) is 97.9 cm³/mol. The Kier molecular flexibility index (Phi) is 3.96. The molecule has 1 aromatic carbocycles. The molecule has 0 atom stereocenters. The lowest BCUT2D eigenvalue weighted by atomic mass is 10.2. The van der Waals surface area contributed by atoms with E-state index in [-0.39, 0.29) is 23.4 Å². The van der Waals surface area contributed by atoms with Crippen LogP contribution in [-0.4, -0.2) is 19.1 Å². The zero-order valence-electron chi connectivity index (χ0n) is 13.7. The second kappa shape index (κ2) is 6.30. The van der Waals surface area contributed by atoms with E-state index in [4.69, 9.17) is 0 Å². The molecule has 6 nitrogen and oxygen atoms in total. The smallest absolute Gasteiger partial charge is 0.280 e. The topological polar surface area (TPSA) is 69.8 Å². The fourth-order valence-corrected chi connectivity index (χ4v) is 3.38. The van der Waals surface area contributed by atoms with Crippen molar-refractivity contribution in [2.75, 3.05) is 0 Å². The maximum absolute atomic E-state index is 13.1. The summed E-state index contributed by atoms with van der Waals surface area (Å²) in [4.78, 5) is 35.0. The van der Waals surface area contributed by atoms with Crippen LogP contribution in [0.15, 0.2) is 57.6 Å². The van der Waals surface area contributed by atoms with Crippen LogP contribution < -0.4 is 11.2 Å². The second-order valence-electron chi connectivity index (χ2n) is 5.77. The van der Waals surface area contributed by atoms with Crippen LogP contribution in [0.5, 0.6) is 0 Å². The first-order valence-corrected chi connectivity index (χ1v) is 8.67. The normalized spacial score (nSPS) is 11.2. The van der Waals surface area contributed by atoms with Crippen molar-refractivity contribution in [3.63, 3.8) is 0 Å². The van der Waals surface area contributed by atoms with Gasteiger partial charge in [-0.3, -0.25) is 13.9 Å². The van der Waals surface area contributed by atoms with Crippen molar-refractivity contribution >= 4 is 22.4 Å². The summed E-state index contributed by atoms with van der Waals surface area (Å²) in [5, 5.41) is 2.16. The average molecular weight is 368 g/mol. The van der Waals surface area contributed by atoms with E-state index < -0.39 is 11.2 Å². The Morgan fingerprint density at radius 2 is 1.92 bits per heavy atom. The van der Waals surface area contributed by atoms with Crippen molar-refractivity contribution in [3.05, 3.63) is 80.2 Å². The van der Waals surface area contributed by atoms with Gasteiger partial charge >= 0.3 is 5.69 Å². The van der Waals surface area contributed by atoms with E-state index in [1.165, 1.54) is 34.2 Å². The number of rotatable bonds is 3. The molecule has 26 heavy (non-hydrogen) atoms. The van der Waals surface area contributed by atoms with Gasteiger partial charge in [-0.15, -0.1) is 11.3 Å². The highest BCUT2D eigenvalue weighted by molar-refractivity contribution is 7.13. The largest absolute Gasteiger partial charge is 0.332 e. The molecule has 130 valence electrons. The maximum Gasteiger partial charge on any atom is 0.332 e. The van der Waals surface area contributed by atoms with Crippen molar-refractivity contribution in [1.29, 1.82) is 0 Å². The quantitative estimate of drug-likeness (QED) is 0.557. The minimum Gasteiger partial charge on any atom is -0.280 e. The third-order valence-electron chi connectivity index (χ3n) is 4.08. The number of aryl methyl sites for hydroxylation is 1.